The first-order valence-electron chi connectivity index (χ1n) is 5.16. The van der Waals surface area contributed by atoms with E-state index in [4.69, 9.17) is 0 Å². The molecule has 0 saturated heterocycles. The first-order valence-corrected chi connectivity index (χ1v) is 5.16. The molecular weight excluding hydrogens is 164 g/mol. The van der Waals surface area contributed by atoms with E-state index in [1.807, 2.05) is 0 Å². The Balaban J connectivity index is 1.98. The summed E-state index contributed by atoms with van der Waals surface area (Å²) in [5.41, 5.74) is 0. The Kier molecular flexibility index (Phi) is 1.46. The van der Waals surface area contributed by atoms with Crippen molar-refractivity contribution in [3.63, 3.8) is 0 Å². The van der Waals surface area contributed by atoms with E-state index >= 15 is 0 Å². The molecule has 0 radical (unpaired) electrons. The molecule has 0 aromatic rings. The second-order valence-corrected chi connectivity index (χ2v) is 4.62. The summed E-state index contributed by atoms with van der Waals surface area (Å²) in [6.45, 7) is 0. The van der Waals surface area contributed by atoms with Gasteiger partial charge in [0.05, 0.1) is 6.10 Å². The summed E-state index contributed by atoms with van der Waals surface area (Å²) in [5.74, 6) is 1.77. The van der Waals surface area contributed by atoms with Gasteiger partial charge in [-0.3, -0.25) is 4.79 Å². The zero-order valence-corrected chi connectivity index (χ0v) is 7.52. The predicted molar refractivity (Wildman–Crippen MR) is 48.0 cm³/mol. The van der Waals surface area contributed by atoms with Gasteiger partial charge in [-0.1, -0.05) is 12.2 Å². The highest BCUT2D eigenvalue weighted by Gasteiger charge is 2.52. The molecule has 2 nitrogen and oxygen atoms in total. The van der Waals surface area contributed by atoms with Crippen LogP contribution in [0, 0.1) is 23.7 Å². The van der Waals surface area contributed by atoms with Gasteiger partial charge in [-0.2, -0.15) is 0 Å². The van der Waals surface area contributed by atoms with Crippen molar-refractivity contribution in [2.75, 3.05) is 0 Å². The monoisotopic (exact) mass is 178 g/mol. The fraction of sp³-hybridized carbons (Fsp3) is 0.727. The molecule has 0 aliphatic heterocycles. The lowest BCUT2D eigenvalue weighted by Crippen LogP contribution is -2.40. The molecule has 3 aliphatic carbocycles. The van der Waals surface area contributed by atoms with Gasteiger partial charge in [-0.15, -0.1) is 0 Å². The van der Waals surface area contributed by atoms with E-state index in [1.165, 1.54) is 0 Å². The van der Waals surface area contributed by atoms with Crippen LogP contribution in [0.25, 0.3) is 0 Å². The largest absolute Gasteiger partial charge is 0.393 e. The Morgan fingerprint density at radius 1 is 1.31 bits per heavy atom. The molecule has 1 N–H and O–H groups in total. The van der Waals surface area contributed by atoms with Crippen LogP contribution in [-0.4, -0.2) is 17.0 Å². The molecule has 5 atom stereocenters. The zero-order valence-electron chi connectivity index (χ0n) is 7.52. The van der Waals surface area contributed by atoms with E-state index < -0.39 is 0 Å². The number of aliphatic hydroxyl groups excluding tert-OH is 1. The lowest BCUT2D eigenvalue weighted by Gasteiger charge is -2.35. The maximum atomic E-state index is 11.7. The maximum absolute atomic E-state index is 11.7. The number of carbonyl (C=O) groups excluding carboxylic acids is 1. The summed E-state index contributed by atoms with van der Waals surface area (Å²) < 4.78 is 0. The van der Waals surface area contributed by atoms with Crippen LogP contribution < -0.4 is 0 Å². The minimum absolute atomic E-state index is 0.166. The molecule has 2 saturated carbocycles. The van der Waals surface area contributed by atoms with Gasteiger partial charge >= 0.3 is 0 Å². The number of aliphatic hydroxyl groups is 1. The normalized spacial score (nSPS) is 52.7. The van der Waals surface area contributed by atoms with Crippen molar-refractivity contribution < 1.29 is 9.90 Å². The van der Waals surface area contributed by atoms with Crippen molar-refractivity contribution in [3.05, 3.63) is 12.2 Å². The summed E-state index contributed by atoms with van der Waals surface area (Å²) >= 11 is 0. The average molecular weight is 178 g/mol. The highest BCUT2D eigenvalue weighted by atomic mass is 16.3. The van der Waals surface area contributed by atoms with Crippen LogP contribution in [0.5, 0.6) is 0 Å². The summed E-state index contributed by atoms with van der Waals surface area (Å²) in [6, 6.07) is 0. The Morgan fingerprint density at radius 2 is 2.08 bits per heavy atom. The SMILES string of the molecule is O=C1CC[C@H](O)[C@@H]2[C@H]1[C@@H]1C=C[C@H]2C1. The third kappa shape index (κ3) is 0.896. The molecule has 0 aromatic carbocycles. The van der Waals surface area contributed by atoms with Crippen molar-refractivity contribution >= 4 is 5.78 Å². The smallest absolute Gasteiger partial charge is 0.137 e. The van der Waals surface area contributed by atoms with Crippen LogP contribution in [0.3, 0.4) is 0 Å². The molecule has 0 unspecified atom stereocenters. The molecule has 0 aromatic heterocycles. The third-order valence-corrected chi connectivity index (χ3v) is 4.02. The second kappa shape index (κ2) is 2.44. The number of fused-ring (bicyclic) bond motifs is 5. The van der Waals surface area contributed by atoms with Gasteiger partial charge in [0.25, 0.3) is 0 Å². The molecule has 3 rings (SSSR count). The standard InChI is InChI=1S/C11H14O2/c12-8-3-4-9(13)11-7-2-1-6(5-7)10(8)11/h1-2,6-8,10-12H,3-5H2/t6-,7+,8-,10+,11-/m0/s1. The lowest BCUT2D eigenvalue weighted by molar-refractivity contribution is -0.131. The highest BCUT2D eigenvalue weighted by molar-refractivity contribution is 5.83. The fourth-order valence-electron chi connectivity index (χ4n) is 3.49. The molecule has 13 heavy (non-hydrogen) atoms. The van der Waals surface area contributed by atoms with E-state index in [9.17, 15) is 9.90 Å². The van der Waals surface area contributed by atoms with E-state index in [0.717, 1.165) is 6.42 Å². The van der Waals surface area contributed by atoms with Crippen molar-refractivity contribution in [2.45, 2.75) is 25.4 Å². The number of hydrogen-bond acceptors (Lipinski definition) is 2. The summed E-state index contributed by atoms with van der Waals surface area (Å²) in [5, 5.41) is 9.83. The molecule has 3 aliphatic rings. The number of carbonyl (C=O) groups is 1. The number of allylic oxidation sites excluding steroid dienone is 2. The molecular formula is C11H14O2. The average Bonchev–Trinajstić information content (AvgIpc) is 2.70. The minimum atomic E-state index is -0.220. The summed E-state index contributed by atoms with van der Waals surface area (Å²) in [7, 11) is 0. The van der Waals surface area contributed by atoms with Gasteiger partial charge < -0.3 is 5.11 Å². The van der Waals surface area contributed by atoms with Gasteiger partial charge in [0.2, 0.25) is 0 Å². The van der Waals surface area contributed by atoms with Gasteiger partial charge in [0.15, 0.2) is 0 Å². The molecule has 2 bridgehead atoms. The first kappa shape index (κ1) is 7.74. The molecule has 0 heterocycles. The van der Waals surface area contributed by atoms with Crippen molar-refractivity contribution in [1.29, 1.82) is 0 Å². The molecule has 0 spiro atoms. The van der Waals surface area contributed by atoms with E-state index in [0.29, 0.717) is 30.5 Å². The zero-order chi connectivity index (χ0) is 9.00. The van der Waals surface area contributed by atoms with E-state index in [-0.39, 0.29) is 17.9 Å². The highest BCUT2D eigenvalue weighted by Crippen LogP contribution is 2.52. The summed E-state index contributed by atoms with van der Waals surface area (Å²) in [6.07, 6.45) is 6.56. The van der Waals surface area contributed by atoms with Crippen LogP contribution in [0.2, 0.25) is 0 Å². The van der Waals surface area contributed by atoms with Crippen LogP contribution in [-0.2, 0) is 4.79 Å². The van der Waals surface area contributed by atoms with Gasteiger partial charge in [0.1, 0.15) is 5.78 Å². The molecule has 2 fully saturated rings. The third-order valence-electron chi connectivity index (χ3n) is 4.02. The van der Waals surface area contributed by atoms with Crippen LogP contribution in [0.4, 0.5) is 0 Å². The predicted octanol–water partition coefficient (Wildman–Crippen LogP) is 1.15. The Bertz CT molecular complexity index is 282. The van der Waals surface area contributed by atoms with E-state index in [1.54, 1.807) is 0 Å². The Hall–Kier alpha value is -0.630. The number of Topliss-reactive ketones (excluding diaryl/α,β-unsaturated/α-hetero) is 1. The van der Waals surface area contributed by atoms with Crippen LogP contribution in [0.15, 0.2) is 12.2 Å². The fourth-order valence-corrected chi connectivity index (χ4v) is 3.49. The number of hydrogen-bond donors (Lipinski definition) is 1. The molecule has 70 valence electrons. The van der Waals surface area contributed by atoms with Crippen molar-refractivity contribution in [2.24, 2.45) is 23.7 Å². The number of rotatable bonds is 0. The van der Waals surface area contributed by atoms with Crippen LogP contribution >= 0.6 is 0 Å². The Morgan fingerprint density at radius 3 is 2.85 bits per heavy atom. The first-order chi connectivity index (χ1) is 6.27. The minimum Gasteiger partial charge on any atom is -0.393 e. The Labute approximate surface area is 77.6 Å². The quantitative estimate of drug-likeness (QED) is 0.565. The topological polar surface area (TPSA) is 37.3 Å². The maximum Gasteiger partial charge on any atom is 0.137 e. The molecule has 0 amide bonds. The van der Waals surface area contributed by atoms with Crippen molar-refractivity contribution in [3.8, 4) is 0 Å². The summed E-state index contributed by atoms with van der Waals surface area (Å²) in [4.78, 5) is 11.7. The number of ketones is 1. The van der Waals surface area contributed by atoms with Gasteiger partial charge in [-0.05, 0) is 24.7 Å². The van der Waals surface area contributed by atoms with E-state index in [2.05, 4.69) is 12.2 Å². The lowest BCUT2D eigenvalue weighted by atomic mass is 9.71. The van der Waals surface area contributed by atoms with Crippen molar-refractivity contribution in [1.82, 2.24) is 0 Å². The van der Waals surface area contributed by atoms with Gasteiger partial charge in [0, 0.05) is 18.3 Å². The molecule has 2 heteroatoms. The van der Waals surface area contributed by atoms with Gasteiger partial charge in [-0.25, -0.2) is 0 Å². The second-order valence-electron chi connectivity index (χ2n) is 4.62. The van der Waals surface area contributed by atoms with Crippen LogP contribution in [0.1, 0.15) is 19.3 Å².